The lowest BCUT2D eigenvalue weighted by atomic mass is 10.1. The number of nitrogens with two attached hydrogens (primary N) is 1. The quantitative estimate of drug-likeness (QED) is 0.417. The van der Waals surface area contributed by atoms with Gasteiger partial charge in [-0.05, 0) is 17.5 Å². The lowest BCUT2D eigenvalue weighted by Crippen LogP contribution is -2.30. The zero-order valence-electron chi connectivity index (χ0n) is 17.2. The summed E-state index contributed by atoms with van der Waals surface area (Å²) in [4.78, 5) is 12.6. The maximum absolute atomic E-state index is 12.6. The molecule has 0 atom stereocenters. The molecule has 2 amide bonds. The van der Waals surface area contributed by atoms with E-state index in [4.69, 9.17) is 10.8 Å². The van der Waals surface area contributed by atoms with Gasteiger partial charge in [0, 0.05) is 12.1 Å². The van der Waals surface area contributed by atoms with Crippen LogP contribution < -0.4 is 16.4 Å². The molecule has 4 aromatic rings. The summed E-state index contributed by atoms with van der Waals surface area (Å²) in [5.74, 6) is 0.418. The Morgan fingerprint density at radius 2 is 1.42 bits per heavy atom. The molecule has 0 saturated heterocycles. The molecule has 6 nitrogen and oxygen atoms in total. The fourth-order valence-corrected chi connectivity index (χ4v) is 3.40. The Morgan fingerprint density at radius 1 is 0.839 bits per heavy atom. The maximum Gasteiger partial charge on any atom is 0.319 e. The van der Waals surface area contributed by atoms with Gasteiger partial charge in [-0.2, -0.15) is 5.10 Å². The van der Waals surface area contributed by atoms with Gasteiger partial charge in [0.05, 0.1) is 6.54 Å². The molecule has 4 rings (SSSR count). The minimum absolute atomic E-state index is 0.306. The van der Waals surface area contributed by atoms with Crippen molar-refractivity contribution < 1.29 is 4.79 Å². The second-order valence-electron chi connectivity index (χ2n) is 7.23. The zero-order valence-corrected chi connectivity index (χ0v) is 17.2. The summed E-state index contributed by atoms with van der Waals surface area (Å²) in [6, 6.07) is 29.4. The number of amides is 2. The molecule has 0 bridgehead atoms. The van der Waals surface area contributed by atoms with Crippen LogP contribution in [0.25, 0.3) is 11.3 Å². The first-order valence-corrected chi connectivity index (χ1v) is 10.2. The molecule has 0 fully saturated rings. The van der Waals surface area contributed by atoms with Crippen molar-refractivity contribution in [3.8, 4) is 11.3 Å². The fourth-order valence-electron chi connectivity index (χ4n) is 3.40. The van der Waals surface area contributed by atoms with Gasteiger partial charge >= 0.3 is 6.03 Å². The molecule has 156 valence electrons. The third-order valence-corrected chi connectivity index (χ3v) is 4.99. The molecule has 1 heterocycles. The number of nitrogens with one attached hydrogen (secondary N) is 2. The van der Waals surface area contributed by atoms with E-state index in [1.807, 2.05) is 91.0 Å². The van der Waals surface area contributed by atoms with E-state index in [1.165, 1.54) is 5.56 Å². The first kappa shape index (κ1) is 20.2. The molecule has 1 aromatic heterocycles. The standard InChI is InChI=1S/C25H25N5O/c26-24-23(28-25(31)27-17-16-19-10-4-1-5-11-19)22(21-14-8-3-9-15-21)29-30(24)18-20-12-6-2-7-13-20/h1-15H,16-18,26H2,(H2,27,28,31). The van der Waals surface area contributed by atoms with Crippen molar-refractivity contribution in [2.45, 2.75) is 13.0 Å². The molecular weight excluding hydrogens is 386 g/mol. The van der Waals surface area contributed by atoms with E-state index >= 15 is 0 Å². The number of nitrogen functional groups attached to an aromatic ring is 1. The second kappa shape index (κ2) is 9.63. The van der Waals surface area contributed by atoms with Crippen LogP contribution in [-0.2, 0) is 13.0 Å². The van der Waals surface area contributed by atoms with Crippen LogP contribution in [0.4, 0.5) is 16.3 Å². The van der Waals surface area contributed by atoms with Crippen LogP contribution in [-0.4, -0.2) is 22.4 Å². The van der Waals surface area contributed by atoms with Gasteiger partial charge < -0.3 is 16.4 Å². The molecule has 6 heteroatoms. The van der Waals surface area contributed by atoms with E-state index in [0.29, 0.717) is 30.3 Å². The van der Waals surface area contributed by atoms with Crippen molar-refractivity contribution in [2.75, 3.05) is 17.6 Å². The van der Waals surface area contributed by atoms with Crippen LogP contribution in [0.3, 0.4) is 0 Å². The highest BCUT2D eigenvalue weighted by atomic mass is 16.2. The van der Waals surface area contributed by atoms with Gasteiger partial charge in [0.15, 0.2) is 0 Å². The highest BCUT2D eigenvalue weighted by Crippen LogP contribution is 2.32. The molecule has 0 aliphatic carbocycles. The van der Waals surface area contributed by atoms with E-state index in [2.05, 4.69) is 10.6 Å². The molecule has 3 aromatic carbocycles. The molecule has 4 N–H and O–H groups in total. The lowest BCUT2D eigenvalue weighted by molar-refractivity contribution is 0.252. The van der Waals surface area contributed by atoms with Gasteiger partial charge in [-0.3, -0.25) is 0 Å². The highest BCUT2D eigenvalue weighted by Gasteiger charge is 2.19. The summed E-state index contributed by atoms with van der Waals surface area (Å²) in [5, 5.41) is 10.5. The van der Waals surface area contributed by atoms with Gasteiger partial charge in [0.2, 0.25) is 0 Å². The summed E-state index contributed by atoms with van der Waals surface area (Å²) < 4.78 is 1.72. The largest absolute Gasteiger partial charge is 0.382 e. The smallest absolute Gasteiger partial charge is 0.319 e. The average molecular weight is 412 g/mol. The van der Waals surface area contributed by atoms with Crippen LogP contribution in [0, 0.1) is 0 Å². The Bertz CT molecular complexity index is 1120. The molecule has 0 radical (unpaired) electrons. The van der Waals surface area contributed by atoms with Crippen molar-refractivity contribution in [3.63, 3.8) is 0 Å². The third kappa shape index (κ3) is 5.11. The second-order valence-corrected chi connectivity index (χ2v) is 7.23. The van der Waals surface area contributed by atoms with Gasteiger partial charge in [-0.1, -0.05) is 91.0 Å². The van der Waals surface area contributed by atoms with Gasteiger partial charge in [-0.15, -0.1) is 0 Å². The number of aromatic nitrogens is 2. The summed E-state index contributed by atoms with van der Waals surface area (Å²) >= 11 is 0. The Hall–Kier alpha value is -4.06. The minimum atomic E-state index is -0.306. The predicted molar refractivity (Wildman–Crippen MR) is 125 cm³/mol. The van der Waals surface area contributed by atoms with E-state index in [-0.39, 0.29) is 6.03 Å². The molecular formula is C25H25N5O. The molecule has 0 spiro atoms. The topological polar surface area (TPSA) is 85.0 Å². The lowest BCUT2D eigenvalue weighted by Gasteiger charge is -2.09. The van der Waals surface area contributed by atoms with E-state index in [9.17, 15) is 4.79 Å². The highest BCUT2D eigenvalue weighted by molar-refractivity contribution is 5.97. The number of carbonyl (C=O) groups excluding carboxylic acids is 1. The van der Waals surface area contributed by atoms with Crippen LogP contribution in [0.2, 0.25) is 0 Å². The molecule has 0 unspecified atom stereocenters. The van der Waals surface area contributed by atoms with E-state index in [0.717, 1.165) is 17.5 Å². The van der Waals surface area contributed by atoms with Gasteiger partial charge in [-0.25, -0.2) is 9.48 Å². The summed E-state index contributed by atoms with van der Waals surface area (Å²) in [5.41, 5.74) is 10.7. The van der Waals surface area contributed by atoms with Crippen molar-refractivity contribution in [1.29, 1.82) is 0 Å². The monoisotopic (exact) mass is 411 g/mol. The first-order chi connectivity index (χ1) is 15.2. The predicted octanol–water partition coefficient (Wildman–Crippen LogP) is 4.54. The number of benzene rings is 3. The van der Waals surface area contributed by atoms with Crippen molar-refractivity contribution in [3.05, 3.63) is 102 Å². The number of hydrogen-bond donors (Lipinski definition) is 3. The molecule has 31 heavy (non-hydrogen) atoms. The third-order valence-electron chi connectivity index (χ3n) is 4.99. The summed E-state index contributed by atoms with van der Waals surface area (Å²) in [7, 11) is 0. The van der Waals surface area contributed by atoms with Crippen molar-refractivity contribution in [1.82, 2.24) is 15.1 Å². The molecule has 0 aliphatic heterocycles. The minimum Gasteiger partial charge on any atom is -0.382 e. The van der Waals surface area contributed by atoms with Crippen molar-refractivity contribution in [2.24, 2.45) is 0 Å². The number of urea groups is 1. The maximum atomic E-state index is 12.6. The number of anilines is 2. The average Bonchev–Trinajstić information content (AvgIpc) is 3.11. The Morgan fingerprint density at radius 3 is 2.06 bits per heavy atom. The number of rotatable bonds is 7. The fraction of sp³-hybridized carbons (Fsp3) is 0.120. The number of carbonyl (C=O) groups is 1. The Balaban J connectivity index is 1.52. The molecule has 0 aliphatic rings. The van der Waals surface area contributed by atoms with Crippen LogP contribution in [0.5, 0.6) is 0 Å². The normalized spacial score (nSPS) is 10.6. The van der Waals surface area contributed by atoms with Crippen LogP contribution in [0.1, 0.15) is 11.1 Å². The first-order valence-electron chi connectivity index (χ1n) is 10.2. The van der Waals surface area contributed by atoms with Crippen LogP contribution in [0.15, 0.2) is 91.0 Å². The number of nitrogens with zero attached hydrogens (tertiary/aromatic N) is 2. The van der Waals surface area contributed by atoms with Crippen LogP contribution >= 0.6 is 0 Å². The van der Waals surface area contributed by atoms with Crippen molar-refractivity contribution >= 4 is 17.5 Å². The molecule has 0 saturated carbocycles. The summed E-state index contributed by atoms with van der Waals surface area (Å²) in [6.45, 7) is 1.04. The van der Waals surface area contributed by atoms with Gasteiger partial charge in [0.1, 0.15) is 17.2 Å². The Labute approximate surface area is 181 Å². The van der Waals surface area contributed by atoms with Gasteiger partial charge in [0.25, 0.3) is 0 Å². The summed E-state index contributed by atoms with van der Waals surface area (Å²) in [6.07, 6.45) is 0.753. The van der Waals surface area contributed by atoms with E-state index < -0.39 is 0 Å². The van der Waals surface area contributed by atoms with E-state index in [1.54, 1.807) is 4.68 Å². The zero-order chi connectivity index (χ0) is 21.5. The number of hydrogen-bond acceptors (Lipinski definition) is 3. The SMILES string of the molecule is Nc1c(NC(=O)NCCc2ccccc2)c(-c2ccccc2)nn1Cc1ccccc1. The Kier molecular flexibility index (Phi) is 6.28.